The van der Waals surface area contributed by atoms with Gasteiger partial charge in [-0.2, -0.15) is 0 Å². The standard InChI is InChI=1S/C26H25N3O5S/c1-26(2)14-29(22(26)23(31)32)21(30)11-15-13-35-24(27-15)28-25(33)34-12-20-18-9-5-3-7-16(18)17-8-4-6-10-19(17)20/h3-10,13,20,22H,11-12,14H2,1-2H3,(H,31,32)(H,27,28,33). The molecule has 9 heteroatoms. The Bertz CT molecular complexity index is 1270. The summed E-state index contributed by atoms with van der Waals surface area (Å²) < 4.78 is 5.54. The van der Waals surface area contributed by atoms with Crippen LogP contribution in [0.5, 0.6) is 0 Å². The van der Waals surface area contributed by atoms with Gasteiger partial charge in [0.15, 0.2) is 5.13 Å². The Morgan fingerprint density at radius 3 is 2.34 bits per heavy atom. The first-order valence-corrected chi connectivity index (χ1v) is 12.2. The lowest BCUT2D eigenvalue weighted by Gasteiger charge is -2.51. The molecule has 2 heterocycles. The molecule has 35 heavy (non-hydrogen) atoms. The summed E-state index contributed by atoms with van der Waals surface area (Å²) in [4.78, 5) is 42.2. The van der Waals surface area contributed by atoms with Crippen molar-refractivity contribution in [1.82, 2.24) is 9.88 Å². The Morgan fingerprint density at radius 2 is 1.74 bits per heavy atom. The average Bonchev–Trinajstić information content (AvgIpc) is 3.37. The molecule has 3 aromatic rings. The number of aromatic nitrogens is 1. The van der Waals surface area contributed by atoms with E-state index in [4.69, 9.17) is 4.74 Å². The highest BCUT2D eigenvalue weighted by molar-refractivity contribution is 7.13. The van der Waals surface area contributed by atoms with Crippen LogP contribution in [0, 0.1) is 5.41 Å². The van der Waals surface area contributed by atoms with E-state index in [1.807, 2.05) is 38.1 Å². The van der Waals surface area contributed by atoms with Crippen LogP contribution in [0.3, 0.4) is 0 Å². The van der Waals surface area contributed by atoms with Gasteiger partial charge >= 0.3 is 12.1 Å². The fourth-order valence-electron chi connectivity index (χ4n) is 5.05. The van der Waals surface area contributed by atoms with Gasteiger partial charge in [-0.05, 0) is 22.3 Å². The van der Waals surface area contributed by atoms with Gasteiger partial charge < -0.3 is 14.7 Å². The van der Waals surface area contributed by atoms with Crippen molar-refractivity contribution < 1.29 is 24.2 Å². The quantitative estimate of drug-likeness (QED) is 0.530. The molecular formula is C26H25N3O5S. The Labute approximate surface area is 206 Å². The van der Waals surface area contributed by atoms with Crippen LogP contribution in [-0.2, 0) is 20.7 Å². The lowest BCUT2D eigenvalue weighted by atomic mass is 9.74. The van der Waals surface area contributed by atoms with E-state index >= 15 is 0 Å². The fraction of sp³-hybridized carbons (Fsp3) is 0.308. The zero-order valence-electron chi connectivity index (χ0n) is 19.4. The van der Waals surface area contributed by atoms with Crippen LogP contribution in [0.4, 0.5) is 9.93 Å². The molecule has 8 nitrogen and oxygen atoms in total. The number of carbonyl (C=O) groups excluding carboxylic acids is 2. The van der Waals surface area contributed by atoms with Crippen molar-refractivity contribution in [3.8, 4) is 11.1 Å². The number of carboxylic acid groups (broad SMARTS) is 1. The second-order valence-corrected chi connectivity index (χ2v) is 10.4. The minimum atomic E-state index is -1.01. The molecule has 0 radical (unpaired) electrons. The van der Waals surface area contributed by atoms with E-state index in [9.17, 15) is 19.5 Å². The molecule has 1 aliphatic heterocycles. The van der Waals surface area contributed by atoms with Crippen molar-refractivity contribution >= 4 is 34.4 Å². The molecule has 1 fully saturated rings. The molecule has 2 amide bonds. The number of anilines is 1. The van der Waals surface area contributed by atoms with Crippen LogP contribution in [0.25, 0.3) is 11.1 Å². The van der Waals surface area contributed by atoms with Crippen LogP contribution in [0.15, 0.2) is 53.9 Å². The van der Waals surface area contributed by atoms with Gasteiger partial charge in [0.1, 0.15) is 12.6 Å². The monoisotopic (exact) mass is 491 g/mol. The van der Waals surface area contributed by atoms with Crippen molar-refractivity contribution in [3.05, 3.63) is 70.7 Å². The van der Waals surface area contributed by atoms with Crippen molar-refractivity contribution in [1.29, 1.82) is 0 Å². The number of nitrogens with one attached hydrogen (secondary N) is 1. The third-order valence-electron chi connectivity index (χ3n) is 6.62. The molecule has 2 aliphatic rings. The molecule has 1 unspecified atom stereocenters. The summed E-state index contributed by atoms with van der Waals surface area (Å²) in [6.45, 7) is 4.24. The van der Waals surface area contributed by atoms with Crippen molar-refractivity contribution in [3.63, 3.8) is 0 Å². The number of carbonyl (C=O) groups is 3. The summed E-state index contributed by atoms with van der Waals surface area (Å²) in [5.74, 6) is -1.35. The first-order valence-electron chi connectivity index (χ1n) is 11.3. The van der Waals surface area contributed by atoms with Crippen LogP contribution >= 0.6 is 11.3 Å². The van der Waals surface area contributed by atoms with E-state index < -0.39 is 23.5 Å². The molecular weight excluding hydrogens is 466 g/mol. The number of amides is 2. The van der Waals surface area contributed by atoms with Crippen molar-refractivity contribution in [2.75, 3.05) is 18.5 Å². The minimum Gasteiger partial charge on any atom is -0.480 e. The summed E-state index contributed by atoms with van der Waals surface area (Å²) in [5.41, 5.74) is 4.59. The topological polar surface area (TPSA) is 109 Å². The highest BCUT2D eigenvalue weighted by Gasteiger charge is 2.52. The summed E-state index contributed by atoms with van der Waals surface area (Å²) in [5, 5.41) is 14.1. The normalized spacial score (nSPS) is 17.8. The van der Waals surface area contributed by atoms with E-state index in [0.29, 0.717) is 17.4 Å². The van der Waals surface area contributed by atoms with Crippen molar-refractivity contribution in [2.45, 2.75) is 32.2 Å². The van der Waals surface area contributed by atoms with E-state index in [-0.39, 0.29) is 24.9 Å². The number of benzene rings is 2. The molecule has 0 spiro atoms. The molecule has 1 atom stereocenters. The summed E-state index contributed by atoms with van der Waals surface area (Å²) in [7, 11) is 0. The number of aliphatic carboxylic acids is 1. The van der Waals surface area contributed by atoms with E-state index in [1.165, 1.54) is 16.2 Å². The van der Waals surface area contributed by atoms with E-state index in [2.05, 4.69) is 34.6 Å². The Morgan fingerprint density at radius 1 is 1.11 bits per heavy atom. The van der Waals surface area contributed by atoms with Crippen LogP contribution in [0.2, 0.25) is 0 Å². The van der Waals surface area contributed by atoms with Crippen LogP contribution in [0.1, 0.15) is 36.6 Å². The van der Waals surface area contributed by atoms with Gasteiger partial charge in [-0.1, -0.05) is 62.4 Å². The van der Waals surface area contributed by atoms with Crippen LogP contribution in [-0.4, -0.2) is 52.2 Å². The largest absolute Gasteiger partial charge is 0.480 e. The number of thiazole rings is 1. The third-order valence-corrected chi connectivity index (χ3v) is 7.43. The number of nitrogens with zero attached hydrogens (tertiary/aromatic N) is 2. The summed E-state index contributed by atoms with van der Waals surface area (Å²) in [6.07, 6.45) is -0.641. The predicted octanol–water partition coefficient (Wildman–Crippen LogP) is 4.37. The number of likely N-dealkylation sites (tertiary alicyclic amines) is 1. The number of carboxylic acids is 1. The second kappa shape index (κ2) is 8.81. The lowest BCUT2D eigenvalue weighted by molar-refractivity contribution is -0.171. The maximum absolute atomic E-state index is 12.6. The zero-order chi connectivity index (χ0) is 24.7. The number of ether oxygens (including phenoxy) is 1. The molecule has 5 rings (SSSR count). The highest BCUT2D eigenvalue weighted by Crippen LogP contribution is 2.44. The van der Waals surface area contributed by atoms with Gasteiger partial charge in [-0.3, -0.25) is 10.1 Å². The molecule has 0 bridgehead atoms. The minimum absolute atomic E-state index is 0.0251. The number of hydrogen-bond donors (Lipinski definition) is 2. The average molecular weight is 492 g/mol. The molecule has 2 aromatic carbocycles. The van der Waals surface area contributed by atoms with Gasteiger partial charge in [0.05, 0.1) is 12.1 Å². The number of rotatable bonds is 6. The second-order valence-electron chi connectivity index (χ2n) is 9.52. The zero-order valence-corrected chi connectivity index (χ0v) is 20.2. The van der Waals surface area contributed by atoms with Gasteiger partial charge in [-0.15, -0.1) is 11.3 Å². The lowest BCUT2D eigenvalue weighted by Crippen LogP contribution is -2.67. The third kappa shape index (κ3) is 4.27. The maximum Gasteiger partial charge on any atom is 0.413 e. The number of fused-ring (bicyclic) bond motifs is 3. The summed E-state index contributed by atoms with van der Waals surface area (Å²) in [6, 6.07) is 15.4. The molecule has 1 saturated heterocycles. The predicted molar refractivity (Wildman–Crippen MR) is 131 cm³/mol. The van der Waals surface area contributed by atoms with E-state index in [1.54, 1.807) is 5.38 Å². The smallest absolute Gasteiger partial charge is 0.413 e. The Kier molecular flexibility index (Phi) is 5.80. The molecule has 2 N–H and O–H groups in total. The van der Waals surface area contributed by atoms with Crippen LogP contribution < -0.4 is 5.32 Å². The summed E-state index contributed by atoms with van der Waals surface area (Å²) >= 11 is 1.19. The molecule has 180 valence electrons. The maximum atomic E-state index is 12.6. The Balaban J connectivity index is 1.18. The van der Waals surface area contributed by atoms with Gasteiger partial charge in [0.25, 0.3) is 0 Å². The van der Waals surface area contributed by atoms with Gasteiger partial charge in [0.2, 0.25) is 5.91 Å². The van der Waals surface area contributed by atoms with Gasteiger partial charge in [0, 0.05) is 23.3 Å². The number of hydrogen-bond acceptors (Lipinski definition) is 6. The van der Waals surface area contributed by atoms with E-state index in [0.717, 1.165) is 22.3 Å². The first kappa shape index (κ1) is 23.0. The molecule has 1 aromatic heterocycles. The highest BCUT2D eigenvalue weighted by atomic mass is 32.1. The SMILES string of the molecule is CC1(C)CN(C(=O)Cc2csc(NC(=O)OCC3c4ccccc4-c4ccccc43)n2)C1C(=O)O. The van der Waals surface area contributed by atoms with Crippen molar-refractivity contribution in [2.24, 2.45) is 5.41 Å². The molecule has 1 aliphatic carbocycles. The first-order chi connectivity index (χ1) is 16.7. The molecule has 0 saturated carbocycles. The fourth-order valence-corrected chi connectivity index (χ4v) is 5.75. The van der Waals surface area contributed by atoms with Gasteiger partial charge in [-0.25, -0.2) is 14.6 Å². The Hall–Kier alpha value is -3.72.